The maximum Gasteiger partial charge on any atom is 0.418 e. The number of carbonyl (C=O) groups is 1. The normalized spacial score (nSPS) is 12.7. The van der Waals surface area contributed by atoms with Crippen molar-refractivity contribution >= 4 is 17.4 Å². The average molecular weight is 333 g/mol. The lowest BCUT2D eigenvalue weighted by molar-refractivity contribution is -0.136. The van der Waals surface area contributed by atoms with Gasteiger partial charge in [0.2, 0.25) is 0 Å². The first kappa shape index (κ1) is 19.1. The summed E-state index contributed by atoms with van der Waals surface area (Å²) in [5.41, 5.74) is -0.875. The molecular formula is C15H22F3N3O2. The maximum atomic E-state index is 13.1. The highest BCUT2D eigenvalue weighted by atomic mass is 19.4. The van der Waals surface area contributed by atoms with Crippen molar-refractivity contribution in [2.45, 2.75) is 32.0 Å². The number of hydrogen-bond donors (Lipinski definition) is 3. The lowest BCUT2D eigenvalue weighted by atomic mass is 10.1. The molecule has 1 unspecified atom stereocenters. The van der Waals surface area contributed by atoms with Crippen molar-refractivity contribution < 1.29 is 23.1 Å². The Morgan fingerprint density at radius 3 is 2.52 bits per heavy atom. The highest BCUT2D eigenvalue weighted by molar-refractivity contribution is 5.90. The van der Waals surface area contributed by atoms with Crippen LogP contribution in [0.3, 0.4) is 0 Å². The molecule has 1 aromatic carbocycles. The summed E-state index contributed by atoms with van der Waals surface area (Å²) in [5.74, 6) is 0. The first-order valence-corrected chi connectivity index (χ1v) is 7.26. The van der Waals surface area contributed by atoms with Crippen molar-refractivity contribution in [3.05, 3.63) is 23.8 Å². The summed E-state index contributed by atoms with van der Waals surface area (Å²) in [6, 6.07) is 2.88. The summed E-state index contributed by atoms with van der Waals surface area (Å²) in [6.45, 7) is 1.86. The molecule has 2 amide bonds. The summed E-state index contributed by atoms with van der Waals surface area (Å²) >= 11 is 0. The molecule has 0 heterocycles. The molecule has 5 nitrogen and oxygen atoms in total. The fraction of sp³-hybridized carbons (Fsp3) is 0.533. The fourth-order valence-corrected chi connectivity index (χ4v) is 1.97. The number of aliphatic hydroxyl groups excluding tert-OH is 1. The van der Waals surface area contributed by atoms with E-state index in [-0.39, 0.29) is 12.2 Å². The van der Waals surface area contributed by atoms with Crippen LogP contribution in [0.1, 0.15) is 25.3 Å². The zero-order valence-electron chi connectivity index (χ0n) is 13.4. The highest BCUT2D eigenvalue weighted by Gasteiger charge is 2.34. The molecule has 0 spiro atoms. The average Bonchev–Trinajstić information content (AvgIpc) is 2.44. The molecule has 23 heavy (non-hydrogen) atoms. The largest absolute Gasteiger partial charge is 0.418 e. The quantitative estimate of drug-likeness (QED) is 0.750. The van der Waals surface area contributed by atoms with Crippen molar-refractivity contribution in [3.8, 4) is 0 Å². The summed E-state index contributed by atoms with van der Waals surface area (Å²) in [5, 5.41) is 14.1. The molecule has 3 N–H and O–H groups in total. The zero-order valence-corrected chi connectivity index (χ0v) is 13.4. The molecule has 130 valence electrons. The number of nitrogens with zero attached hydrogens (tertiary/aromatic N) is 1. The minimum atomic E-state index is -4.59. The van der Waals surface area contributed by atoms with Gasteiger partial charge in [0.1, 0.15) is 0 Å². The molecule has 1 rings (SSSR count). The van der Waals surface area contributed by atoms with E-state index in [1.165, 1.54) is 12.1 Å². The second-order valence-corrected chi connectivity index (χ2v) is 5.40. The Bertz CT molecular complexity index is 533. The van der Waals surface area contributed by atoms with Crippen LogP contribution in [0, 0.1) is 0 Å². The minimum Gasteiger partial charge on any atom is -0.391 e. The zero-order chi connectivity index (χ0) is 17.6. The van der Waals surface area contributed by atoms with Gasteiger partial charge in [-0.1, -0.05) is 13.3 Å². The molecule has 0 radical (unpaired) electrons. The predicted octanol–water partition coefficient (Wildman–Crippen LogP) is 3.05. The number of alkyl halides is 3. The molecule has 0 aliphatic carbocycles. The first-order valence-electron chi connectivity index (χ1n) is 7.26. The molecule has 0 saturated carbocycles. The van der Waals surface area contributed by atoms with Gasteiger partial charge in [0.25, 0.3) is 0 Å². The van der Waals surface area contributed by atoms with Crippen LogP contribution in [0.2, 0.25) is 0 Å². The van der Waals surface area contributed by atoms with Crippen LogP contribution < -0.4 is 15.5 Å². The Morgan fingerprint density at radius 2 is 2.00 bits per heavy atom. The summed E-state index contributed by atoms with van der Waals surface area (Å²) in [6.07, 6.45) is -4.06. The van der Waals surface area contributed by atoms with Crippen molar-refractivity contribution in [2.24, 2.45) is 0 Å². The van der Waals surface area contributed by atoms with Crippen LogP contribution in [-0.2, 0) is 6.18 Å². The second-order valence-electron chi connectivity index (χ2n) is 5.40. The monoisotopic (exact) mass is 333 g/mol. The molecule has 0 saturated heterocycles. The van der Waals surface area contributed by atoms with Crippen molar-refractivity contribution in [1.29, 1.82) is 0 Å². The third-order valence-electron chi connectivity index (χ3n) is 3.19. The number of anilines is 2. The molecule has 1 aromatic rings. The lowest BCUT2D eigenvalue weighted by Gasteiger charge is -2.19. The Morgan fingerprint density at radius 1 is 1.35 bits per heavy atom. The Kier molecular flexibility index (Phi) is 6.68. The van der Waals surface area contributed by atoms with Gasteiger partial charge in [0.05, 0.1) is 17.4 Å². The van der Waals surface area contributed by atoms with Gasteiger partial charge >= 0.3 is 12.2 Å². The number of rotatable bonds is 6. The van der Waals surface area contributed by atoms with Crippen LogP contribution in [0.15, 0.2) is 18.2 Å². The van der Waals surface area contributed by atoms with Crippen molar-refractivity contribution in [2.75, 3.05) is 30.9 Å². The maximum absolute atomic E-state index is 13.1. The number of nitrogens with one attached hydrogen (secondary N) is 2. The van der Waals surface area contributed by atoms with E-state index in [1.54, 1.807) is 19.0 Å². The molecule has 0 aromatic heterocycles. The number of hydrogen-bond acceptors (Lipinski definition) is 3. The minimum absolute atomic E-state index is 0.0171. The van der Waals surface area contributed by atoms with Gasteiger partial charge in [-0.25, -0.2) is 4.79 Å². The van der Waals surface area contributed by atoms with E-state index in [1.807, 2.05) is 6.92 Å². The fourth-order valence-electron chi connectivity index (χ4n) is 1.97. The first-order chi connectivity index (χ1) is 10.6. The van der Waals surface area contributed by atoms with E-state index in [0.29, 0.717) is 12.1 Å². The van der Waals surface area contributed by atoms with Gasteiger partial charge in [-0.3, -0.25) is 0 Å². The molecule has 0 aliphatic rings. The van der Waals surface area contributed by atoms with Gasteiger partial charge < -0.3 is 20.6 Å². The van der Waals surface area contributed by atoms with Gasteiger partial charge in [-0.15, -0.1) is 0 Å². The Balaban J connectivity index is 2.85. The van der Waals surface area contributed by atoms with E-state index in [0.717, 1.165) is 12.5 Å². The van der Waals surface area contributed by atoms with Gasteiger partial charge in [-0.05, 0) is 24.6 Å². The van der Waals surface area contributed by atoms with Crippen LogP contribution in [0.4, 0.5) is 29.3 Å². The SMILES string of the molecule is CCCC(O)CNC(=O)Nc1ccc(N(C)C)cc1C(F)(F)F. The molecule has 0 fully saturated rings. The van der Waals surface area contributed by atoms with E-state index >= 15 is 0 Å². The standard InChI is InChI=1S/C15H22F3N3O2/c1-4-5-11(22)9-19-14(23)20-13-7-6-10(21(2)3)8-12(13)15(16,17)18/h6-8,11,22H,4-5,9H2,1-3H3,(H2,19,20,23). The van der Waals surface area contributed by atoms with Crippen LogP contribution in [-0.4, -0.2) is 37.9 Å². The highest BCUT2D eigenvalue weighted by Crippen LogP contribution is 2.37. The number of benzene rings is 1. The summed E-state index contributed by atoms with van der Waals surface area (Å²) in [7, 11) is 3.26. The van der Waals surface area contributed by atoms with E-state index in [9.17, 15) is 23.1 Å². The third kappa shape index (κ3) is 5.97. The van der Waals surface area contributed by atoms with Crippen molar-refractivity contribution in [3.63, 3.8) is 0 Å². The number of urea groups is 1. The molecule has 1 atom stereocenters. The molecular weight excluding hydrogens is 311 g/mol. The molecule has 0 aliphatic heterocycles. The van der Waals surface area contributed by atoms with Crippen LogP contribution in [0.5, 0.6) is 0 Å². The number of halogens is 3. The predicted molar refractivity (Wildman–Crippen MR) is 83.7 cm³/mol. The van der Waals surface area contributed by atoms with Gasteiger partial charge in [0, 0.05) is 26.3 Å². The van der Waals surface area contributed by atoms with Gasteiger partial charge in [0.15, 0.2) is 0 Å². The molecule has 8 heteroatoms. The number of carbonyl (C=O) groups excluding carboxylic acids is 1. The van der Waals surface area contributed by atoms with E-state index in [2.05, 4.69) is 10.6 Å². The number of aliphatic hydroxyl groups is 1. The van der Waals surface area contributed by atoms with Crippen molar-refractivity contribution in [1.82, 2.24) is 5.32 Å². The summed E-state index contributed by atoms with van der Waals surface area (Å²) < 4.78 is 39.4. The smallest absolute Gasteiger partial charge is 0.391 e. The van der Waals surface area contributed by atoms with E-state index < -0.39 is 23.9 Å². The van der Waals surface area contributed by atoms with Gasteiger partial charge in [-0.2, -0.15) is 13.2 Å². The molecule has 0 bridgehead atoms. The topological polar surface area (TPSA) is 64.6 Å². The summed E-state index contributed by atoms with van der Waals surface area (Å²) in [4.78, 5) is 13.2. The third-order valence-corrected chi connectivity index (χ3v) is 3.19. The second kappa shape index (κ2) is 8.05. The van der Waals surface area contributed by atoms with Crippen LogP contribution in [0.25, 0.3) is 0 Å². The Labute approximate surface area is 133 Å². The number of amides is 2. The van der Waals surface area contributed by atoms with Crippen LogP contribution >= 0.6 is 0 Å². The lowest BCUT2D eigenvalue weighted by Crippen LogP contribution is -2.35. The van der Waals surface area contributed by atoms with E-state index in [4.69, 9.17) is 0 Å². The Hall–Kier alpha value is -1.96.